The van der Waals surface area contributed by atoms with Crippen molar-refractivity contribution in [2.45, 2.75) is 44.9 Å². The molecule has 0 saturated carbocycles. The second-order valence-electron chi connectivity index (χ2n) is 10.2. The van der Waals surface area contributed by atoms with Crippen LogP contribution in [0.1, 0.15) is 37.4 Å². The Bertz CT molecular complexity index is 1150. The van der Waals surface area contributed by atoms with Crippen LogP contribution < -0.4 is 10.3 Å². The smallest absolute Gasteiger partial charge is 0.328 e. The Hall–Kier alpha value is -3.13. The number of fused-ring (bicyclic) bond motifs is 4. The number of carbonyl (C=O) groups is 2. The Morgan fingerprint density at radius 3 is 2.35 bits per heavy atom. The highest BCUT2D eigenvalue weighted by Gasteiger charge is 2.57. The average Bonchev–Trinajstić information content (AvgIpc) is 2.78. The molecule has 2 aromatic rings. The molecule has 4 heterocycles. The zero-order valence-electron chi connectivity index (χ0n) is 19.8. The number of aromatic nitrogens is 1. The summed E-state index contributed by atoms with van der Waals surface area (Å²) < 4.78 is 18.3. The van der Waals surface area contributed by atoms with E-state index < -0.39 is 23.1 Å². The van der Waals surface area contributed by atoms with Gasteiger partial charge in [-0.15, -0.1) is 0 Å². The van der Waals surface area contributed by atoms with Crippen molar-refractivity contribution in [2.75, 3.05) is 26.7 Å². The SMILES string of the molecule is COc1ccc(CC2(CN3C[C@@H]4C[C@H](C3)c3cccc(=O)n3C4)C(=O)OC(C)(C)OC2=O)cc1. The summed E-state index contributed by atoms with van der Waals surface area (Å²) in [4.78, 5) is 41.4. The van der Waals surface area contributed by atoms with E-state index in [1.54, 1.807) is 33.1 Å². The first-order valence-electron chi connectivity index (χ1n) is 11.7. The van der Waals surface area contributed by atoms with Gasteiger partial charge in [0.25, 0.3) is 11.3 Å². The van der Waals surface area contributed by atoms with Gasteiger partial charge >= 0.3 is 11.9 Å². The molecule has 0 aliphatic carbocycles. The topological polar surface area (TPSA) is 87.1 Å². The summed E-state index contributed by atoms with van der Waals surface area (Å²) in [5.41, 5.74) is 0.404. The summed E-state index contributed by atoms with van der Waals surface area (Å²) in [7, 11) is 1.59. The highest BCUT2D eigenvalue weighted by molar-refractivity contribution is 6.02. The molecule has 0 unspecified atom stereocenters. The quantitative estimate of drug-likeness (QED) is 0.494. The van der Waals surface area contributed by atoms with Crippen LogP contribution in [0.15, 0.2) is 47.3 Å². The van der Waals surface area contributed by atoms with Crippen LogP contribution in [0.25, 0.3) is 0 Å². The summed E-state index contributed by atoms with van der Waals surface area (Å²) in [5.74, 6) is -1.27. The standard InChI is InChI=1S/C26H30N2O6/c1-25(2)33-23(30)26(24(31)34-25,12-17-7-9-20(32-3)10-8-17)16-27-13-18-11-19(15-27)21-5-4-6-22(29)28(21)14-18/h4-10,18-19H,11-16H2,1-3H3/t18-,19+/m0/s1. The number of methoxy groups -OCH3 is 1. The van der Waals surface area contributed by atoms with Gasteiger partial charge in [-0.2, -0.15) is 0 Å². The second kappa shape index (κ2) is 8.27. The molecule has 0 amide bonds. The fraction of sp³-hybridized carbons (Fsp3) is 0.500. The van der Waals surface area contributed by atoms with Crippen LogP contribution in [0.2, 0.25) is 0 Å². The Balaban J connectivity index is 1.45. The summed E-state index contributed by atoms with van der Waals surface area (Å²) >= 11 is 0. The highest BCUT2D eigenvalue weighted by Crippen LogP contribution is 2.40. The highest BCUT2D eigenvalue weighted by atomic mass is 16.7. The van der Waals surface area contributed by atoms with Crippen molar-refractivity contribution in [3.8, 4) is 5.75 Å². The maximum Gasteiger partial charge on any atom is 0.328 e. The predicted octanol–water partition coefficient (Wildman–Crippen LogP) is 2.34. The fourth-order valence-electron chi connectivity index (χ4n) is 5.67. The molecule has 0 radical (unpaired) electrons. The van der Waals surface area contributed by atoms with Crippen molar-refractivity contribution in [3.63, 3.8) is 0 Å². The molecule has 1 aromatic carbocycles. The van der Waals surface area contributed by atoms with Gasteiger partial charge in [0.15, 0.2) is 5.41 Å². The van der Waals surface area contributed by atoms with Gasteiger partial charge in [-0.25, -0.2) is 0 Å². The van der Waals surface area contributed by atoms with Gasteiger partial charge in [0.1, 0.15) is 5.75 Å². The summed E-state index contributed by atoms with van der Waals surface area (Å²) in [6, 6.07) is 12.7. The number of cyclic esters (lactones) is 2. The molecule has 0 spiro atoms. The molecular formula is C26H30N2O6. The molecule has 5 rings (SSSR count). The molecular weight excluding hydrogens is 436 g/mol. The van der Waals surface area contributed by atoms with Crippen molar-refractivity contribution in [2.24, 2.45) is 11.3 Å². The summed E-state index contributed by atoms with van der Waals surface area (Å²) in [6.45, 7) is 5.35. The normalized spacial score (nSPS) is 25.1. The lowest BCUT2D eigenvalue weighted by atomic mass is 9.77. The molecule has 2 saturated heterocycles. The third-order valence-corrected chi connectivity index (χ3v) is 7.17. The number of rotatable bonds is 5. The van der Waals surface area contributed by atoms with E-state index in [0.29, 0.717) is 25.4 Å². The first-order chi connectivity index (χ1) is 16.2. The Labute approximate surface area is 198 Å². The minimum absolute atomic E-state index is 0.0262. The minimum Gasteiger partial charge on any atom is -0.497 e. The van der Waals surface area contributed by atoms with E-state index in [2.05, 4.69) is 4.90 Å². The van der Waals surface area contributed by atoms with Gasteiger partial charge < -0.3 is 23.7 Å². The first kappa shape index (κ1) is 22.7. The van der Waals surface area contributed by atoms with Gasteiger partial charge in [0, 0.05) is 64.1 Å². The van der Waals surface area contributed by atoms with Crippen LogP contribution in [0.3, 0.4) is 0 Å². The number of hydrogen-bond acceptors (Lipinski definition) is 7. The number of ether oxygens (including phenoxy) is 3. The zero-order valence-corrected chi connectivity index (χ0v) is 19.8. The van der Waals surface area contributed by atoms with E-state index >= 15 is 0 Å². The number of esters is 2. The number of piperidine rings is 1. The lowest BCUT2D eigenvalue weighted by Crippen LogP contribution is -2.61. The number of hydrogen-bond donors (Lipinski definition) is 0. The van der Waals surface area contributed by atoms with Crippen LogP contribution in [-0.4, -0.2) is 53.9 Å². The maximum absolute atomic E-state index is 13.4. The largest absolute Gasteiger partial charge is 0.497 e. The lowest BCUT2D eigenvalue weighted by molar-refractivity contribution is -0.252. The van der Waals surface area contributed by atoms with E-state index in [-0.39, 0.29) is 30.4 Å². The third kappa shape index (κ3) is 4.00. The fourth-order valence-corrected chi connectivity index (χ4v) is 5.67. The Morgan fingerprint density at radius 1 is 0.971 bits per heavy atom. The molecule has 1 aromatic heterocycles. The molecule has 3 aliphatic rings. The van der Waals surface area contributed by atoms with Crippen molar-refractivity contribution in [1.29, 1.82) is 0 Å². The van der Waals surface area contributed by atoms with E-state index in [1.165, 1.54) is 0 Å². The zero-order chi connectivity index (χ0) is 24.1. The third-order valence-electron chi connectivity index (χ3n) is 7.17. The second-order valence-corrected chi connectivity index (χ2v) is 10.2. The number of likely N-dealkylation sites (tertiary alicyclic amines) is 1. The maximum atomic E-state index is 13.4. The number of carbonyl (C=O) groups excluding carboxylic acids is 2. The van der Waals surface area contributed by atoms with Gasteiger partial charge in [0.2, 0.25) is 0 Å². The van der Waals surface area contributed by atoms with Crippen LogP contribution in [-0.2, 0) is 32.0 Å². The van der Waals surface area contributed by atoms with Gasteiger partial charge in [-0.1, -0.05) is 18.2 Å². The number of benzene rings is 1. The number of nitrogens with zero attached hydrogens (tertiary/aromatic N) is 2. The molecule has 180 valence electrons. The Kier molecular flexibility index (Phi) is 5.51. The van der Waals surface area contributed by atoms with Crippen molar-refractivity contribution in [1.82, 2.24) is 9.47 Å². The van der Waals surface area contributed by atoms with Crippen LogP contribution >= 0.6 is 0 Å². The average molecular weight is 467 g/mol. The minimum atomic E-state index is -1.47. The van der Waals surface area contributed by atoms with Crippen LogP contribution in [0.5, 0.6) is 5.75 Å². The van der Waals surface area contributed by atoms with Crippen LogP contribution in [0.4, 0.5) is 0 Å². The number of pyridine rings is 1. The molecule has 8 heteroatoms. The molecule has 0 N–H and O–H groups in total. The van der Waals surface area contributed by atoms with Crippen molar-refractivity contribution < 1.29 is 23.8 Å². The van der Waals surface area contributed by atoms with E-state index in [0.717, 1.165) is 17.7 Å². The van der Waals surface area contributed by atoms with Crippen LogP contribution in [0, 0.1) is 11.3 Å². The molecule has 2 atom stereocenters. The van der Waals surface area contributed by atoms with E-state index in [9.17, 15) is 14.4 Å². The summed E-state index contributed by atoms with van der Waals surface area (Å²) in [6.07, 6.45) is 1.17. The molecule has 8 nitrogen and oxygen atoms in total. The van der Waals surface area contributed by atoms with Crippen molar-refractivity contribution >= 4 is 11.9 Å². The van der Waals surface area contributed by atoms with Gasteiger partial charge in [-0.3, -0.25) is 14.4 Å². The summed E-state index contributed by atoms with van der Waals surface area (Å²) in [5, 5.41) is 0. The predicted molar refractivity (Wildman–Crippen MR) is 123 cm³/mol. The molecule has 34 heavy (non-hydrogen) atoms. The lowest BCUT2D eigenvalue weighted by Gasteiger charge is -2.47. The Morgan fingerprint density at radius 2 is 1.68 bits per heavy atom. The van der Waals surface area contributed by atoms with Gasteiger partial charge in [0.05, 0.1) is 7.11 Å². The van der Waals surface area contributed by atoms with Crippen molar-refractivity contribution in [3.05, 3.63) is 64.1 Å². The monoisotopic (exact) mass is 466 g/mol. The molecule has 3 aliphatic heterocycles. The van der Waals surface area contributed by atoms with E-state index in [1.807, 2.05) is 34.9 Å². The first-order valence-corrected chi connectivity index (χ1v) is 11.7. The van der Waals surface area contributed by atoms with Gasteiger partial charge in [-0.05, 0) is 36.1 Å². The molecule has 2 fully saturated rings. The molecule has 2 bridgehead atoms. The van der Waals surface area contributed by atoms with E-state index in [4.69, 9.17) is 14.2 Å².